The fourth-order valence-electron chi connectivity index (χ4n) is 9.61. The lowest BCUT2D eigenvalue weighted by atomic mass is 10.1. The quantitative estimate of drug-likeness (QED) is 0.0297. The smallest absolute Gasteiger partial charge is 0.326 e. The summed E-state index contributed by atoms with van der Waals surface area (Å²) in [6, 6.07) is -8.52. The fraction of sp³-hybridized carbons (Fsp3) is 0.688. The normalized spacial score (nSPS) is 21.2. The van der Waals surface area contributed by atoms with Gasteiger partial charge in [-0.05, 0) is 64.8 Å². The molecule has 0 aromatic heterocycles. The van der Waals surface area contributed by atoms with E-state index in [1.54, 1.807) is 0 Å². The molecule has 34 heteroatoms. The van der Waals surface area contributed by atoms with E-state index in [-0.39, 0.29) is 77.7 Å². The molecule has 4 aliphatic rings. The molecule has 0 saturated carbocycles. The Balaban J connectivity index is 1.24. The second-order valence-electron chi connectivity index (χ2n) is 20.1. The van der Waals surface area contributed by atoms with Crippen LogP contribution >= 0.6 is 0 Å². The van der Waals surface area contributed by atoms with Crippen molar-refractivity contribution in [1.29, 1.82) is 0 Å². The van der Waals surface area contributed by atoms with Gasteiger partial charge in [-0.25, -0.2) is 4.79 Å². The van der Waals surface area contributed by atoms with Gasteiger partial charge in [-0.1, -0.05) is 0 Å². The highest BCUT2D eigenvalue weighted by Crippen LogP contribution is 2.22. The molecule has 14 amide bonds. The molecule has 4 heterocycles. The first kappa shape index (κ1) is 66.4. The second-order valence-corrected chi connectivity index (χ2v) is 20.1. The van der Waals surface area contributed by atoms with E-state index in [9.17, 15) is 87.2 Å². The van der Waals surface area contributed by atoms with Crippen LogP contribution in [0.1, 0.15) is 77.6 Å². The Bertz CT molecular complexity index is 2410. The van der Waals surface area contributed by atoms with E-state index in [2.05, 4.69) is 47.9 Å². The summed E-state index contributed by atoms with van der Waals surface area (Å²) in [5.74, 6) is -12.1. The van der Waals surface area contributed by atoms with Gasteiger partial charge in [0.25, 0.3) is 0 Å². The standard InChI is InChI=1S/C48H76N16O18/c1-25(42(75)54-18-37(70)59-29(48(81)82)6-2-3-11-49)58-46(79)30-7-4-12-61(30)38(71)21-56-43(76)28(9-10-34(51)67)60-47(80)31-8-5-13-62(31)39(72)22-57-45(78)33-15-27(66)24-64(33)41(74)20-53-36(69)17-55-44(77)32-14-26(65)23-63(32)40(73)19-52-35(68)16-50/h25-33,65-66H,2-24,49-50H2,1H3,(H2,51,67)(H,52,68)(H,53,69)(H,54,75)(H,55,77)(H,56,76)(H,57,78)(H,58,79)(H,59,70)(H,60,80)(H,81,82)/t25-,26+,27+,28-,29-,30-,31-,32-,33-/m0/s1. The Kier molecular flexibility index (Phi) is 26.2. The zero-order valence-corrected chi connectivity index (χ0v) is 45.4. The zero-order chi connectivity index (χ0) is 60.8. The number of hydrogen-bond donors (Lipinski definition) is 15. The minimum atomic E-state index is -1.45. The van der Waals surface area contributed by atoms with Crippen molar-refractivity contribution in [1.82, 2.24) is 67.5 Å². The first-order valence-corrected chi connectivity index (χ1v) is 26.8. The number of nitrogens with zero attached hydrogens (tertiary/aromatic N) is 4. The number of carboxylic acid groups (broad SMARTS) is 1. The van der Waals surface area contributed by atoms with Crippen molar-refractivity contribution in [2.24, 2.45) is 17.2 Å². The summed E-state index contributed by atoms with van der Waals surface area (Å²) in [6.45, 7) is -2.80. The van der Waals surface area contributed by atoms with Gasteiger partial charge in [-0.15, -0.1) is 0 Å². The summed E-state index contributed by atoms with van der Waals surface area (Å²) in [5.41, 5.74) is 16.0. The predicted octanol–water partition coefficient (Wildman–Crippen LogP) is -10.5. The second kappa shape index (κ2) is 32.4. The monoisotopic (exact) mass is 1160 g/mol. The molecule has 4 rings (SSSR count). The maximum absolute atomic E-state index is 13.7. The maximum Gasteiger partial charge on any atom is 0.326 e. The number of aliphatic hydroxyl groups excluding tert-OH is 2. The molecule has 0 aromatic rings. The van der Waals surface area contributed by atoms with Gasteiger partial charge in [0.2, 0.25) is 82.7 Å². The third-order valence-corrected chi connectivity index (χ3v) is 13.9. The number of unbranched alkanes of at least 4 members (excludes halogenated alkanes) is 1. The molecule has 4 saturated heterocycles. The van der Waals surface area contributed by atoms with Crippen LogP contribution in [-0.2, 0) is 71.9 Å². The largest absolute Gasteiger partial charge is 0.480 e. The summed E-state index contributed by atoms with van der Waals surface area (Å²) < 4.78 is 0. The summed E-state index contributed by atoms with van der Waals surface area (Å²) in [7, 11) is 0. The van der Waals surface area contributed by atoms with Gasteiger partial charge in [0.05, 0.1) is 58.0 Å². The molecular weight excluding hydrogens is 1090 g/mol. The van der Waals surface area contributed by atoms with Gasteiger partial charge in [0.1, 0.15) is 42.3 Å². The van der Waals surface area contributed by atoms with Crippen molar-refractivity contribution >= 4 is 88.7 Å². The van der Waals surface area contributed by atoms with Crippen LogP contribution in [0.15, 0.2) is 0 Å². The van der Waals surface area contributed by atoms with E-state index in [4.69, 9.17) is 17.2 Å². The number of aliphatic hydroxyl groups is 2. The molecule has 0 unspecified atom stereocenters. The molecule has 4 aliphatic heterocycles. The lowest BCUT2D eigenvalue weighted by molar-refractivity contribution is -0.142. The van der Waals surface area contributed by atoms with E-state index in [1.807, 2.05) is 0 Å². The van der Waals surface area contributed by atoms with E-state index < -0.39 is 182 Å². The minimum absolute atomic E-state index is 0.0522. The van der Waals surface area contributed by atoms with Gasteiger partial charge in [0.15, 0.2) is 0 Å². The van der Waals surface area contributed by atoms with Crippen LogP contribution in [0, 0.1) is 0 Å². The number of nitrogens with one attached hydrogen (secondary N) is 9. The molecule has 4 fully saturated rings. The topological polar surface area (TPSA) is 516 Å². The van der Waals surface area contributed by atoms with Crippen LogP contribution in [0.25, 0.3) is 0 Å². The van der Waals surface area contributed by atoms with Crippen LogP contribution in [0.5, 0.6) is 0 Å². The number of hydrogen-bond acceptors (Lipinski definition) is 19. The molecule has 0 bridgehead atoms. The van der Waals surface area contributed by atoms with Crippen molar-refractivity contribution in [2.45, 2.75) is 132 Å². The number of nitrogens with two attached hydrogens (primary N) is 3. The molecule has 18 N–H and O–H groups in total. The Morgan fingerprint density at radius 3 is 1.48 bits per heavy atom. The van der Waals surface area contributed by atoms with E-state index >= 15 is 0 Å². The highest BCUT2D eigenvalue weighted by molar-refractivity contribution is 5.98. The molecule has 82 heavy (non-hydrogen) atoms. The molecular formula is C48H76N16O18. The van der Waals surface area contributed by atoms with Crippen LogP contribution in [0.2, 0.25) is 0 Å². The average Bonchev–Trinajstić information content (AvgIpc) is 4.50. The first-order chi connectivity index (χ1) is 38.8. The number of aliphatic carboxylic acids is 1. The fourth-order valence-corrected chi connectivity index (χ4v) is 9.61. The number of amides is 14. The average molecular weight is 1170 g/mol. The number of carbonyl (C=O) groups is 15. The van der Waals surface area contributed by atoms with Gasteiger partial charge < -0.3 is 100.0 Å². The van der Waals surface area contributed by atoms with Crippen molar-refractivity contribution < 1.29 is 87.2 Å². The van der Waals surface area contributed by atoms with Crippen molar-refractivity contribution in [2.75, 3.05) is 78.5 Å². The van der Waals surface area contributed by atoms with E-state index in [0.29, 0.717) is 32.2 Å². The Morgan fingerprint density at radius 2 is 0.963 bits per heavy atom. The number of likely N-dealkylation sites (tertiary alicyclic amines) is 4. The number of primary amides is 1. The summed E-state index contributed by atoms with van der Waals surface area (Å²) in [5, 5.41) is 51.2. The molecule has 456 valence electrons. The molecule has 0 aromatic carbocycles. The third-order valence-electron chi connectivity index (χ3n) is 13.9. The van der Waals surface area contributed by atoms with Crippen LogP contribution in [0.4, 0.5) is 0 Å². The number of carbonyl (C=O) groups excluding carboxylic acids is 14. The van der Waals surface area contributed by atoms with E-state index in [1.165, 1.54) is 11.8 Å². The molecule has 9 atom stereocenters. The predicted molar refractivity (Wildman–Crippen MR) is 279 cm³/mol. The Labute approximate surface area is 470 Å². The van der Waals surface area contributed by atoms with Crippen molar-refractivity contribution in [3.8, 4) is 0 Å². The Morgan fingerprint density at radius 1 is 0.500 bits per heavy atom. The van der Waals surface area contributed by atoms with Gasteiger partial charge in [-0.3, -0.25) is 67.1 Å². The molecule has 0 aliphatic carbocycles. The highest BCUT2D eigenvalue weighted by atomic mass is 16.4. The maximum atomic E-state index is 13.7. The number of rotatable bonds is 30. The van der Waals surface area contributed by atoms with Crippen LogP contribution in [-0.4, -0.2) is 257 Å². The summed E-state index contributed by atoms with van der Waals surface area (Å²) in [4.78, 5) is 196. The molecule has 0 spiro atoms. The van der Waals surface area contributed by atoms with E-state index in [0.717, 1.165) is 14.7 Å². The molecule has 0 radical (unpaired) electrons. The minimum Gasteiger partial charge on any atom is -0.480 e. The molecule has 34 nitrogen and oxygen atoms in total. The van der Waals surface area contributed by atoms with Gasteiger partial charge >= 0.3 is 5.97 Å². The number of β-amino-alcohol motifs (C(OH)–C–C–N with tert-alkyl or cyclic N) is 2. The van der Waals surface area contributed by atoms with Gasteiger partial charge in [-0.2, -0.15) is 0 Å². The van der Waals surface area contributed by atoms with Crippen LogP contribution < -0.4 is 65.1 Å². The zero-order valence-electron chi connectivity index (χ0n) is 45.4. The SMILES string of the molecule is C[C@H](NC(=O)[C@@H]1CCCN1C(=O)CNC(=O)[C@H](CCC(N)=O)NC(=O)[C@@H]1CCCN1C(=O)CNC(=O)[C@@H]1C[C@@H](O)CN1C(=O)CNC(=O)CNC(=O)[C@@H]1C[C@@H](O)CN1C(=O)CNC(=O)CN)C(=O)NCC(=O)N[C@@H](CCCCN)C(=O)O. The highest BCUT2D eigenvalue weighted by Gasteiger charge is 2.42. The van der Waals surface area contributed by atoms with Gasteiger partial charge in [0, 0.05) is 45.4 Å². The summed E-state index contributed by atoms with van der Waals surface area (Å²) >= 11 is 0. The van der Waals surface area contributed by atoms with Crippen LogP contribution in [0.3, 0.4) is 0 Å². The van der Waals surface area contributed by atoms with Crippen molar-refractivity contribution in [3.63, 3.8) is 0 Å². The summed E-state index contributed by atoms with van der Waals surface area (Å²) in [6.07, 6.45) is -1.16. The van der Waals surface area contributed by atoms with Crippen molar-refractivity contribution in [3.05, 3.63) is 0 Å². The Hall–Kier alpha value is -8.11. The number of carboxylic acids is 1. The lowest BCUT2D eigenvalue weighted by Crippen LogP contribution is -2.56. The first-order valence-electron chi connectivity index (χ1n) is 26.8. The third kappa shape index (κ3) is 20.2. The lowest BCUT2D eigenvalue weighted by Gasteiger charge is -2.28.